The molecule has 0 aromatic heterocycles. The molecule has 1 aromatic carbocycles. The minimum atomic E-state index is -3.52. The average Bonchev–Trinajstić information content (AvgIpc) is 3.13. The van der Waals surface area contributed by atoms with Gasteiger partial charge in [-0.2, -0.15) is 0 Å². The molecule has 7 heteroatoms. The topological polar surface area (TPSA) is 75.7 Å². The third-order valence-corrected chi connectivity index (χ3v) is 6.46. The Kier molecular flexibility index (Phi) is 6.84. The number of carbonyl (C=O) groups is 1. The van der Waals surface area contributed by atoms with Crippen LogP contribution in [0.4, 0.5) is 0 Å². The molecular formula is C18H28N2O4S. The van der Waals surface area contributed by atoms with Gasteiger partial charge >= 0.3 is 0 Å². The van der Waals surface area contributed by atoms with E-state index in [-0.39, 0.29) is 22.6 Å². The third kappa shape index (κ3) is 4.95. The Labute approximate surface area is 150 Å². The standard InChI is InChI=1S/C18H28N2O4S/c1-4-11-20(15-9-10-19-12-15)18(21)14(2)13-25(22,23)17-7-5-16(24-3)6-8-17/h5-8,14-15,19H,4,9-13H2,1-3H3. The molecule has 1 heterocycles. The smallest absolute Gasteiger partial charge is 0.226 e. The molecule has 1 fully saturated rings. The molecule has 1 amide bonds. The number of ether oxygens (including phenoxy) is 1. The van der Waals surface area contributed by atoms with Gasteiger partial charge in [0.05, 0.1) is 17.8 Å². The number of sulfone groups is 1. The van der Waals surface area contributed by atoms with Gasteiger partial charge < -0.3 is 15.0 Å². The second-order valence-electron chi connectivity index (χ2n) is 6.54. The highest BCUT2D eigenvalue weighted by Gasteiger charge is 2.31. The van der Waals surface area contributed by atoms with Gasteiger partial charge in [0.1, 0.15) is 5.75 Å². The van der Waals surface area contributed by atoms with E-state index in [1.54, 1.807) is 19.1 Å². The zero-order valence-electron chi connectivity index (χ0n) is 15.2. The van der Waals surface area contributed by atoms with Gasteiger partial charge in [-0.05, 0) is 43.7 Å². The fourth-order valence-electron chi connectivity index (χ4n) is 3.18. The number of rotatable bonds is 8. The summed E-state index contributed by atoms with van der Waals surface area (Å²) < 4.78 is 30.3. The first-order chi connectivity index (χ1) is 11.9. The van der Waals surface area contributed by atoms with Gasteiger partial charge in [0.15, 0.2) is 9.84 Å². The Morgan fingerprint density at radius 2 is 2.04 bits per heavy atom. The van der Waals surface area contributed by atoms with Gasteiger partial charge in [-0.3, -0.25) is 4.79 Å². The molecule has 2 unspecified atom stereocenters. The van der Waals surface area contributed by atoms with E-state index >= 15 is 0 Å². The fraction of sp³-hybridized carbons (Fsp3) is 0.611. The summed E-state index contributed by atoms with van der Waals surface area (Å²) in [4.78, 5) is 14.9. The third-order valence-electron chi connectivity index (χ3n) is 4.53. The quantitative estimate of drug-likeness (QED) is 0.756. The molecular weight excluding hydrogens is 340 g/mol. The van der Waals surface area contributed by atoms with Crippen LogP contribution in [0.2, 0.25) is 0 Å². The predicted molar refractivity (Wildman–Crippen MR) is 97.5 cm³/mol. The maximum Gasteiger partial charge on any atom is 0.226 e. The van der Waals surface area contributed by atoms with Crippen molar-refractivity contribution in [1.29, 1.82) is 0 Å². The summed E-state index contributed by atoms with van der Waals surface area (Å²) in [6.07, 6.45) is 1.78. The lowest BCUT2D eigenvalue weighted by atomic mass is 10.1. The van der Waals surface area contributed by atoms with E-state index in [4.69, 9.17) is 4.74 Å². The van der Waals surface area contributed by atoms with Crippen LogP contribution in [0.15, 0.2) is 29.2 Å². The van der Waals surface area contributed by atoms with E-state index < -0.39 is 15.8 Å². The molecule has 1 aliphatic heterocycles. The molecule has 0 radical (unpaired) electrons. The van der Waals surface area contributed by atoms with Crippen LogP contribution in [-0.4, -0.2) is 57.8 Å². The van der Waals surface area contributed by atoms with E-state index in [2.05, 4.69) is 5.32 Å². The Morgan fingerprint density at radius 3 is 2.56 bits per heavy atom. The molecule has 1 saturated heterocycles. The molecule has 140 valence electrons. The van der Waals surface area contributed by atoms with Gasteiger partial charge in [-0.25, -0.2) is 8.42 Å². The minimum absolute atomic E-state index is 0.0763. The zero-order valence-corrected chi connectivity index (χ0v) is 16.0. The lowest BCUT2D eigenvalue weighted by Gasteiger charge is -2.30. The van der Waals surface area contributed by atoms with Crippen molar-refractivity contribution in [2.24, 2.45) is 5.92 Å². The Hall–Kier alpha value is -1.60. The van der Waals surface area contributed by atoms with Crippen LogP contribution in [0, 0.1) is 5.92 Å². The summed E-state index contributed by atoms with van der Waals surface area (Å²) in [5, 5.41) is 3.27. The van der Waals surface area contributed by atoms with Gasteiger partial charge in [-0.15, -0.1) is 0 Å². The van der Waals surface area contributed by atoms with Crippen molar-refractivity contribution in [1.82, 2.24) is 10.2 Å². The number of carbonyl (C=O) groups excluding carboxylic acids is 1. The molecule has 2 rings (SSSR count). The Bertz CT molecular complexity index is 667. The highest BCUT2D eigenvalue weighted by atomic mass is 32.2. The van der Waals surface area contributed by atoms with Crippen LogP contribution in [0.1, 0.15) is 26.7 Å². The molecule has 0 aliphatic carbocycles. The van der Waals surface area contributed by atoms with Crippen LogP contribution in [0.5, 0.6) is 5.75 Å². The van der Waals surface area contributed by atoms with Crippen LogP contribution >= 0.6 is 0 Å². The summed E-state index contributed by atoms with van der Waals surface area (Å²) >= 11 is 0. The predicted octanol–water partition coefficient (Wildman–Crippen LogP) is 1.71. The van der Waals surface area contributed by atoms with Crippen molar-refractivity contribution < 1.29 is 17.9 Å². The Morgan fingerprint density at radius 1 is 1.36 bits per heavy atom. The van der Waals surface area contributed by atoms with Crippen molar-refractivity contribution in [3.8, 4) is 5.75 Å². The van der Waals surface area contributed by atoms with Gasteiger partial charge in [0.25, 0.3) is 0 Å². The molecule has 0 saturated carbocycles. The fourth-order valence-corrected chi connectivity index (χ4v) is 4.73. The number of nitrogens with one attached hydrogen (secondary N) is 1. The van der Waals surface area contributed by atoms with E-state index in [0.717, 1.165) is 25.9 Å². The number of methoxy groups -OCH3 is 1. The van der Waals surface area contributed by atoms with E-state index in [1.165, 1.54) is 19.2 Å². The highest BCUT2D eigenvalue weighted by molar-refractivity contribution is 7.91. The van der Waals surface area contributed by atoms with E-state index in [1.807, 2.05) is 11.8 Å². The molecule has 0 spiro atoms. The Balaban J connectivity index is 2.09. The summed E-state index contributed by atoms with van der Waals surface area (Å²) in [5.74, 6) is -0.226. The van der Waals surface area contributed by atoms with Crippen molar-refractivity contribution in [2.45, 2.75) is 37.6 Å². The molecule has 1 aromatic rings. The highest BCUT2D eigenvalue weighted by Crippen LogP contribution is 2.20. The molecule has 25 heavy (non-hydrogen) atoms. The maximum atomic E-state index is 12.8. The molecule has 2 atom stereocenters. The largest absolute Gasteiger partial charge is 0.497 e. The number of benzene rings is 1. The van der Waals surface area contributed by atoms with Gasteiger partial charge in [0, 0.05) is 25.0 Å². The molecule has 0 bridgehead atoms. The lowest BCUT2D eigenvalue weighted by molar-refractivity contribution is -0.136. The van der Waals surface area contributed by atoms with Crippen LogP contribution in [-0.2, 0) is 14.6 Å². The van der Waals surface area contributed by atoms with Crippen LogP contribution < -0.4 is 10.1 Å². The van der Waals surface area contributed by atoms with Gasteiger partial charge in [0.2, 0.25) is 5.91 Å². The summed E-state index contributed by atoms with van der Waals surface area (Å²) in [5.41, 5.74) is 0. The zero-order chi connectivity index (χ0) is 18.4. The minimum Gasteiger partial charge on any atom is -0.497 e. The first-order valence-corrected chi connectivity index (χ1v) is 10.4. The van der Waals surface area contributed by atoms with Crippen molar-refractivity contribution in [2.75, 3.05) is 32.5 Å². The number of amides is 1. The number of hydrogen-bond acceptors (Lipinski definition) is 5. The lowest BCUT2D eigenvalue weighted by Crippen LogP contribution is -2.45. The number of hydrogen-bond donors (Lipinski definition) is 1. The second kappa shape index (κ2) is 8.67. The molecule has 6 nitrogen and oxygen atoms in total. The second-order valence-corrected chi connectivity index (χ2v) is 8.57. The summed E-state index contributed by atoms with van der Waals surface area (Å²) in [6.45, 7) is 6.08. The maximum absolute atomic E-state index is 12.8. The van der Waals surface area contributed by atoms with Crippen molar-refractivity contribution >= 4 is 15.7 Å². The number of nitrogens with zero attached hydrogens (tertiary/aromatic N) is 1. The monoisotopic (exact) mass is 368 g/mol. The van der Waals surface area contributed by atoms with Crippen molar-refractivity contribution in [3.63, 3.8) is 0 Å². The summed E-state index contributed by atoms with van der Waals surface area (Å²) in [6, 6.07) is 6.45. The van der Waals surface area contributed by atoms with E-state index in [9.17, 15) is 13.2 Å². The van der Waals surface area contributed by atoms with Gasteiger partial charge in [-0.1, -0.05) is 13.8 Å². The molecule has 1 N–H and O–H groups in total. The SMILES string of the molecule is CCCN(C(=O)C(C)CS(=O)(=O)c1ccc(OC)cc1)C1CCNC1. The van der Waals surface area contributed by atoms with Crippen molar-refractivity contribution in [3.05, 3.63) is 24.3 Å². The van der Waals surface area contributed by atoms with Crippen LogP contribution in [0.3, 0.4) is 0 Å². The molecule has 1 aliphatic rings. The average molecular weight is 368 g/mol. The first-order valence-electron chi connectivity index (χ1n) is 8.77. The first kappa shape index (κ1) is 19.7. The van der Waals surface area contributed by atoms with E-state index in [0.29, 0.717) is 12.3 Å². The van der Waals surface area contributed by atoms with Crippen LogP contribution in [0.25, 0.3) is 0 Å². The normalized spacial score (nSPS) is 18.8. The summed E-state index contributed by atoms with van der Waals surface area (Å²) in [7, 11) is -1.99.